The van der Waals surface area contributed by atoms with Crippen molar-refractivity contribution in [2.75, 3.05) is 0 Å². The van der Waals surface area contributed by atoms with Crippen molar-refractivity contribution in [3.8, 4) is 0 Å². The lowest BCUT2D eigenvalue weighted by Gasteiger charge is -2.28. The predicted octanol–water partition coefficient (Wildman–Crippen LogP) is 2.92. The first kappa shape index (κ1) is 9.32. The highest BCUT2D eigenvalue weighted by atomic mass is 14.9. The maximum atomic E-state index is 4.71. The molecule has 1 aromatic rings. The average Bonchev–Trinajstić information content (AvgIpc) is 2.65. The number of hydrogen-bond acceptors (Lipinski definition) is 2. The molecule has 2 aliphatic rings. The van der Waals surface area contributed by atoms with Crippen LogP contribution in [0.3, 0.4) is 0 Å². The molecule has 15 heavy (non-hydrogen) atoms. The largest absolute Gasteiger partial charge is 0.238 e. The summed E-state index contributed by atoms with van der Waals surface area (Å²) in [5.41, 5.74) is 4.08. The van der Waals surface area contributed by atoms with Crippen LogP contribution in [0.25, 0.3) is 0 Å². The molecule has 0 aliphatic heterocycles. The van der Waals surface area contributed by atoms with Crippen molar-refractivity contribution >= 4 is 0 Å². The predicted molar refractivity (Wildman–Crippen MR) is 59.9 cm³/mol. The minimum absolute atomic E-state index is 0.758. The van der Waals surface area contributed by atoms with E-state index in [0.29, 0.717) is 0 Å². The number of fused-ring (bicyclic) bond motifs is 3. The summed E-state index contributed by atoms with van der Waals surface area (Å²) in [6.45, 7) is 4.16. The smallest absolute Gasteiger partial charge is 0.125 e. The molecule has 80 valence electrons. The third kappa shape index (κ3) is 1.38. The number of nitrogens with zero attached hydrogens (tertiary/aromatic N) is 2. The van der Waals surface area contributed by atoms with Crippen molar-refractivity contribution in [2.24, 2.45) is 5.92 Å². The van der Waals surface area contributed by atoms with E-state index in [4.69, 9.17) is 4.98 Å². The lowest BCUT2D eigenvalue weighted by Crippen LogP contribution is -2.20. The first-order valence-corrected chi connectivity index (χ1v) is 6.09. The first-order chi connectivity index (χ1) is 7.25. The van der Waals surface area contributed by atoms with Crippen LogP contribution in [0.5, 0.6) is 0 Å². The zero-order valence-corrected chi connectivity index (χ0v) is 9.58. The van der Waals surface area contributed by atoms with Crippen LogP contribution in [0.4, 0.5) is 0 Å². The van der Waals surface area contributed by atoms with E-state index in [9.17, 15) is 0 Å². The minimum Gasteiger partial charge on any atom is -0.238 e. The summed E-state index contributed by atoms with van der Waals surface area (Å²) in [6, 6.07) is 0. The lowest BCUT2D eigenvalue weighted by molar-refractivity contribution is 0.411. The molecule has 3 rings (SSSR count). The van der Waals surface area contributed by atoms with Gasteiger partial charge in [-0.2, -0.15) is 0 Å². The molecule has 0 bridgehead atoms. The molecular formula is C13H18N2. The molecule has 2 nitrogen and oxygen atoms in total. The van der Waals surface area contributed by atoms with Gasteiger partial charge < -0.3 is 0 Å². The highest BCUT2D eigenvalue weighted by molar-refractivity contribution is 5.32. The summed E-state index contributed by atoms with van der Waals surface area (Å²) in [5.74, 6) is 2.64. The Labute approximate surface area is 91.1 Å². The van der Waals surface area contributed by atoms with Gasteiger partial charge in [-0.3, -0.25) is 0 Å². The molecule has 2 atom stereocenters. The second kappa shape index (κ2) is 3.29. The van der Waals surface area contributed by atoms with Gasteiger partial charge in [0, 0.05) is 11.6 Å². The molecule has 2 unspecified atom stereocenters. The van der Waals surface area contributed by atoms with Gasteiger partial charge in [-0.25, -0.2) is 9.97 Å². The summed E-state index contributed by atoms with van der Waals surface area (Å²) in [6.07, 6.45) is 6.75. The Morgan fingerprint density at radius 1 is 1.07 bits per heavy atom. The summed E-state index contributed by atoms with van der Waals surface area (Å²) in [7, 11) is 0. The molecule has 2 aliphatic carbocycles. The molecule has 0 saturated heterocycles. The molecule has 0 aromatic carbocycles. The highest BCUT2D eigenvalue weighted by Crippen LogP contribution is 2.46. The van der Waals surface area contributed by atoms with E-state index in [1.165, 1.54) is 49.1 Å². The molecule has 0 spiro atoms. The molecule has 2 heteroatoms. The lowest BCUT2D eigenvalue weighted by atomic mass is 9.79. The van der Waals surface area contributed by atoms with E-state index in [1.54, 1.807) is 0 Å². The maximum absolute atomic E-state index is 4.71. The van der Waals surface area contributed by atoms with E-state index in [0.717, 1.165) is 17.7 Å². The summed E-state index contributed by atoms with van der Waals surface area (Å²) < 4.78 is 0. The molecule has 1 heterocycles. The second-order valence-electron chi connectivity index (χ2n) is 5.06. The standard InChI is InChI=1S/C13H18N2/c1-8-11-7-6-10-4-3-5-12(10)13(11)15-9(2)14-8/h10,12H,3-7H2,1-2H3. The van der Waals surface area contributed by atoms with Crippen molar-refractivity contribution in [3.63, 3.8) is 0 Å². The van der Waals surface area contributed by atoms with E-state index < -0.39 is 0 Å². The van der Waals surface area contributed by atoms with Gasteiger partial charge in [0.1, 0.15) is 5.82 Å². The van der Waals surface area contributed by atoms with Gasteiger partial charge in [0.2, 0.25) is 0 Å². The summed E-state index contributed by atoms with van der Waals surface area (Å²) in [5, 5.41) is 0. The zero-order valence-electron chi connectivity index (χ0n) is 9.58. The number of aryl methyl sites for hydroxylation is 2. The number of rotatable bonds is 0. The van der Waals surface area contributed by atoms with Crippen molar-refractivity contribution < 1.29 is 0 Å². The Morgan fingerprint density at radius 2 is 1.93 bits per heavy atom. The van der Waals surface area contributed by atoms with E-state index in [2.05, 4.69) is 11.9 Å². The van der Waals surface area contributed by atoms with Crippen molar-refractivity contribution in [1.29, 1.82) is 0 Å². The van der Waals surface area contributed by atoms with E-state index in [1.807, 2.05) is 6.92 Å². The molecule has 1 aromatic heterocycles. The van der Waals surface area contributed by atoms with Crippen molar-refractivity contribution in [2.45, 2.75) is 51.9 Å². The van der Waals surface area contributed by atoms with Crippen LogP contribution in [0, 0.1) is 19.8 Å². The third-order valence-corrected chi connectivity index (χ3v) is 4.13. The van der Waals surface area contributed by atoms with Crippen LogP contribution >= 0.6 is 0 Å². The van der Waals surface area contributed by atoms with Gasteiger partial charge in [0.05, 0.1) is 5.69 Å². The Bertz CT molecular complexity index is 398. The van der Waals surface area contributed by atoms with Gasteiger partial charge in [-0.1, -0.05) is 6.42 Å². The normalized spacial score (nSPS) is 28.7. The third-order valence-electron chi connectivity index (χ3n) is 4.13. The Balaban J connectivity index is 2.12. The maximum Gasteiger partial charge on any atom is 0.125 e. The van der Waals surface area contributed by atoms with Gasteiger partial charge in [-0.15, -0.1) is 0 Å². The highest BCUT2D eigenvalue weighted by Gasteiger charge is 2.35. The first-order valence-electron chi connectivity index (χ1n) is 6.09. The van der Waals surface area contributed by atoms with E-state index >= 15 is 0 Å². The average molecular weight is 202 g/mol. The van der Waals surface area contributed by atoms with Crippen LogP contribution in [0.15, 0.2) is 0 Å². The number of aromatic nitrogens is 2. The van der Waals surface area contributed by atoms with Gasteiger partial charge in [0.25, 0.3) is 0 Å². The van der Waals surface area contributed by atoms with Crippen LogP contribution in [0.2, 0.25) is 0 Å². The Hall–Kier alpha value is -0.920. The molecule has 0 amide bonds. The SMILES string of the molecule is Cc1nc(C)c2c(n1)C1CCCC1CC2. The second-order valence-corrected chi connectivity index (χ2v) is 5.06. The number of hydrogen-bond donors (Lipinski definition) is 0. The van der Waals surface area contributed by atoms with Crippen LogP contribution < -0.4 is 0 Å². The zero-order chi connectivity index (χ0) is 10.4. The Kier molecular flexibility index (Phi) is 2.04. The van der Waals surface area contributed by atoms with Gasteiger partial charge in [-0.05, 0) is 51.0 Å². The fourth-order valence-corrected chi connectivity index (χ4v) is 3.45. The topological polar surface area (TPSA) is 25.8 Å². The van der Waals surface area contributed by atoms with E-state index in [-0.39, 0.29) is 0 Å². The van der Waals surface area contributed by atoms with Crippen LogP contribution in [0.1, 0.15) is 54.4 Å². The molecule has 1 saturated carbocycles. The molecule has 0 N–H and O–H groups in total. The van der Waals surface area contributed by atoms with Gasteiger partial charge in [0.15, 0.2) is 0 Å². The fourth-order valence-electron chi connectivity index (χ4n) is 3.45. The molecule has 0 radical (unpaired) electrons. The Morgan fingerprint density at radius 3 is 2.80 bits per heavy atom. The molecule has 1 fully saturated rings. The summed E-state index contributed by atoms with van der Waals surface area (Å²) in [4.78, 5) is 9.20. The molecular weight excluding hydrogens is 184 g/mol. The van der Waals surface area contributed by atoms with Crippen molar-refractivity contribution in [3.05, 3.63) is 22.8 Å². The minimum atomic E-state index is 0.758. The van der Waals surface area contributed by atoms with Gasteiger partial charge >= 0.3 is 0 Å². The van der Waals surface area contributed by atoms with Crippen molar-refractivity contribution in [1.82, 2.24) is 9.97 Å². The quantitative estimate of drug-likeness (QED) is 0.646. The van der Waals surface area contributed by atoms with Crippen LogP contribution in [-0.2, 0) is 6.42 Å². The summed E-state index contributed by atoms with van der Waals surface area (Å²) >= 11 is 0. The van der Waals surface area contributed by atoms with Crippen LogP contribution in [-0.4, -0.2) is 9.97 Å². The fraction of sp³-hybridized carbons (Fsp3) is 0.692. The monoisotopic (exact) mass is 202 g/mol.